The van der Waals surface area contributed by atoms with Gasteiger partial charge in [0, 0.05) is 24.5 Å². The Hall–Kier alpha value is -2.08. The molecule has 0 radical (unpaired) electrons. The average Bonchev–Trinajstić information content (AvgIpc) is 3.03. The number of ether oxygens (including phenoxy) is 1. The molecule has 0 aliphatic carbocycles. The first kappa shape index (κ1) is 14.5. The van der Waals surface area contributed by atoms with Gasteiger partial charge in [-0.3, -0.25) is 9.89 Å². The molecule has 0 saturated carbocycles. The van der Waals surface area contributed by atoms with Crippen LogP contribution in [0, 0.1) is 11.8 Å². The molecule has 1 unspecified atom stereocenters. The van der Waals surface area contributed by atoms with Gasteiger partial charge in [0.2, 0.25) is 0 Å². The van der Waals surface area contributed by atoms with Crippen LogP contribution in [0.15, 0.2) is 18.2 Å². The first-order valence-corrected chi connectivity index (χ1v) is 8.27. The van der Waals surface area contributed by atoms with Gasteiger partial charge in [0.25, 0.3) is 5.91 Å². The van der Waals surface area contributed by atoms with Crippen molar-refractivity contribution in [2.75, 3.05) is 33.3 Å². The normalized spacial score (nSPS) is 26.4. The number of amides is 1. The lowest BCUT2D eigenvalue weighted by Gasteiger charge is -2.44. The van der Waals surface area contributed by atoms with Gasteiger partial charge < -0.3 is 15.0 Å². The quantitative estimate of drug-likeness (QED) is 0.900. The topological polar surface area (TPSA) is 70.2 Å². The van der Waals surface area contributed by atoms with Crippen molar-refractivity contribution in [2.24, 2.45) is 11.8 Å². The Bertz CT molecular complexity index is 718. The van der Waals surface area contributed by atoms with E-state index >= 15 is 0 Å². The lowest BCUT2D eigenvalue weighted by molar-refractivity contribution is 0.0496. The zero-order valence-electron chi connectivity index (χ0n) is 13.3. The number of carbonyl (C=O) groups is 1. The minimum Gasteiger partial charge on any atom is -0.497 e. The van der Waals surface area contributed by atoms with Gasteiger partial charge in [-0.1, -0.05) is 0 Å². The Balaban J connectivity index is 1.45. The summed E-state index contributed by atoms with van der Waals surface area (Å²) in [6, 6.07) is 5.58. The highest BCUT2D eigenvalue weighted by atomic mass is 16.5. The molecular weight excluding hydrogens is 292 g/mol. The Morgan fingerprint density at radius 2 is 2.26 bits per heavy atom. The maximum atomic E-state index is 12.5. The Labute approximate surface area is 135 Å². The number of aromatic nitrogens is 2. The molecule has 2 N–H and O–H groups in total. The lowest BCUT2D eigenvalue weighted by Crippen LogP contribution is -2.50. The minimum absolute atomic E-state index is 0.0992. The number of nitrogens with one attached hydrogen (secondary N) is 2. The number of benzene rings is 1. The number of carbonyl (C=O) groups excluding carboxylic acids is 1. The molecule has 4 heterocycles. The van der Waals surface area contributed by atoms with E-state index in [1.807, 2.05) is 18.2 Å². The van der Waals surface area contributed by atoms with Crippen LogP contribution >= 0.6 is 0 Å². The Kier molecular flexibility index (Phi) is 3.69. The van der Waals surface area contributed by atoms with Crippen molar-refractivity contribution in [1.29, 1.82) is 0 Å². The molecule has 6 heteroatoms. The van der Waals surface area contributed by atoms with Crippen molar-refractivity contribution < 1.29 is 9.53 Å². The van der Waals surface area contributed by atoms with Crippen LogP contribution < -0.4 is 10.1 Å². The summed E-state index contributed by atoms with van der Waals surface area (Å²) in [7, 11) is 1.62. The molecule has 0 spiro atoms. The molecule has 3 aliphatic rings. The Morgan fingerprint density at radius 3 is 2.96 bits per heavy atom. The van der Waals surface area contributed by atoms with Crippen molar-refractivity contribution in [3.05, 3.63) is 23.9 Å². The highest BCUT2D eigenvalue weighted by Crippen LogP contribution is 2.31. The SMILES string of the molecule is COc1ccc2c(C(=O)NCC3CN4CCC3CC4)n[nH]c2c1. The van der Waals surface area contributed by atoms with Crippen molar-refractivity contribution in [3.8, 4) is 5.75 Å². The molecule has 3 aliphatic heterocycles. The third-order valence-electron chi connectivity index (χ3n) is 5.30. The number of hydrogen-bond donors (Lipinski definition) is 2. The number of piperidine rings is 3. The van der Waals surface area contributed by atoms with Crippen molar-refractivity contribution in [1.82, 2.24) is 20.4 Å². The second kappa shape index (κ2) is 5.85. The molecular formula is C17H22N4O2. The smallest absolute Gasteiger partial charge is 0.272 e. The van der Waals surface area contributed by atoms with E-state index in [0.717, 1.165) is 35.7 Å². The standard InChI is InChI=1S/C17H22N4O2/c1-23-13-2-3-14-15(8-13)19-20-16(14)17(22)18-9-12-10-21-6-4-11(12)5-7-21/h2-3,8,11-12H,4-7,9-10H2,1H3,(H,18,22)(H,19,20). The van der Waals surface area contributed by atoms with Crippen LogP contribution in [-0.4, -0.2) is 54.3 Å². The van der Waals surface area contributed by atoms with Crippen LogP contribution in [0.5, 0.6) is 5.75 Å². The summed E-state index contributed by atoms with van der Waals surface area (Å²) < 4.78 is 5.19. The van der Waals surface area contributed by atoms with Gasteiger partial charge in [0.1, 0.15) is 5.75 Å². The molecule has 1 aromatic carbocycles. The fraction of sp³-hybridized carbons (Fsp3) is 0.529. The third kappa shape index (κ3) is 2.67. The van der Waals surface area contributed by atoms with E-state index in [4.69, 9.17) is 4.74 Å². The van der Waals surface area contributed by atoms with Gasteiger partial charge in [0.05, 0.1) is 12.6 Å². The van der Waals surface area contributed by atoms with E-state index in [1.54, 1.807) is 7.11 Å². The van der Waals surface area contributed by atoms with Gasteiger partial charge in [-0.2, -0.15) is 5.10 Å². The van der Waals surface area contributed by atoms with Crippen LogP contribution in [0.2, 0.25) is 0 Å². The molecule has 2 aromatic rings. The first-order chi connectivity index (χ1) is 11.2. The minimum atomic E-state index is -0.0992. The monoisotopic (exact) mass is 314 g/mol. The maximum Gasteiger partial charge on any atom is 0.272 e. The maximum absolute atomic E-state index is 12.5. The van der Waals surface area contributed by atoms with Crippen molar-refractivity contribution in [3.63, 3.8) is 0 Å². The molecule has 1 atom stereocenters. The summed E-state index contributed by atoms with van der Waals surface area (Å²) in [6.45, 7) is 4.30. The number of methoxy groups -OCH3 is 1. The van der Waals surface area contributed by atoms with Crippen LogP contribution in [0.1, 0.15) is 23.3 Å². The second-order valence-corrected chi connectivity index (χ2v) is 6.59. The zero-order chi connectivity index (χ0) is 15.8. The molecule has 5 rings (SSSR count). The zero-order valence-corrected chi connectivity index (χ0v) is 13.3. The van der Waals surface area contributed by atoms with Crippen LogP contribution in [-0.2, 0) is 0 Å². The van der Waals surface area contributed by atoms with E-state index in [1.165, 1.54) is 25.9 Å². The molecule has 1 amide bonds. The summed E-state index contributed by atoms with van der Waals surface area (Å²) >= 11 is 0. The second-order valence-electron chi connectivity index (χ2n) is 6.59. The lowest BCUT2D eigenvalue weighted by atomic mass is 9.79. The fourth-order valence-corrected chi connectivity index (χ4v) is 3.93. The summed E-state index contributed by atoms with van der Waals surface area (Å²) in [5.41, 5.74) is 1.28. The fourth-order valence-electron chi connectivity index (χ4n) is 3.93. The number of H-pyrrole nitrogens is 1. The van der Waals surface area contributed by atoms with Crippen molar-refractivity contribution in [2.45, 2.75) is 12.8 Å². The van der Waals surface area contributed by atoms with Gasteiger partial charge >= 0.3 is 0 Å². The van der Waals surface area contributed by atoms with E-state index in [0.29, 0.717) is 11.6 Å². The highest BCUT2D eigenvalue weighted by Gasteiger charge is 2.34. The van der Waals surface area contributed by atoms with Gasteiger partial charge in [-0.25, -0.2) is 0 Å². The number of fused-ring (bicyclic) bond motifs is 4. The van der Waals surface area contributed by atoms with Gasteiger partial charge in [-0.15, -0.1) is 0 Å². The number of rotatable bonds is 4. The van der Waals surface area contributed by atoms with Crippen LogP contribution in [0.3, 0.4) is 0 Å². The summed E-state index contributed by atoms with van der Waals surface area (Å²) in [5.74, 6) is 1.99. The van der Waals surface area contributed by atoms with Crippen LogP contribution in [0.25, 0.3) is 10.9 Å². The summed E-state index contributed by atoms with van der Waals surface area (Å²) in [6.07, 6.45) is 2.54. The molecule has 2 bridgehead atoms. The molecule has 1 aromatic heterocycles. The molecule has 122 valence electrons. The predicted octanol–water partition coefficient (Wildman–Crippen LogP) is 1.64. The van der Waals surface area contributed by atoms with E-state index in [-0.39, 0.29) is 5.91 Å². The van der Waals surface area contributed by atoms with Crippen LogP contribution in [0.4, 0.5) is 0 Å². The number of nitrogens with zero attached hydrogens (tertiary/aromatic N) is 2. The van der Waals surface area contributed by atoms with E-state index in [2.05, 4.69) is 20.4 Å². The van der Waals surface area contributed by atoms with E-state index < -0.39 is 0 Å². The molecule has 3 saturated heterocycles. The summed E-state index contributed by atoms with van der Waals surface area (Å²) in [5, 5.41) is 11.0. The highest BCUT2D eigenvalue weighted by molar-refractivity contribution is 6.04. The largest absolute Gasteiger partial charge is 0.497 e. The first-order valence-electron chi connectivity index (χ1n) is 8.27. The van der Waals surface area contributed by atoms with Gasteiger partial charge in [0.15, 0.2) is 5.69 Å². The number of hydrogen-bond acceptors (Lipinski definition) is 4. The molecule has 3 fully saturated rings. The predicted molar refractivity (Wildman–Crippen MR) is 87.6 cm³/mol. The van der Waals surface area contributed by atoms with Crippen molar-refractivity contribution >= 4 is 16.8 Å². The molecule has 23 heavy (non-hydrogen) atoms. The van der Waals surface area contributed by atoms with E-state index in [9.17, 15) is 4.79 Å². The number of aromatic amines is 1. The molecule has 6 nitrogen and oxygen atoms in total. The Morgan fingerprint density at radius 1 is 1.43 bits per heavy atom. The third-order valence-corrected chi connectivity index (χ3v) is 5.30. The average molecular weight is 314 g/mol. The van der Waals surface area contributed by atoms with Gasteiger partial charge in [-0.05, 0) is 49.9 Å². The summed E-state index contributed by atoms with van der Waals surface area (Å²) in [4.78, 5) is 15.0.